The minimum absolute atomic E-state index is 0.268. The number of rotatable bonds is 8. The van der Waals surface area contributed by atoms with Gasteiger partial charge in [-0.25, -0.2) is 9.59 Å². The van der Waals surface area contributed by atoms with Crippen LogP contribution in [0.25, 0.3) is 6.08 Å². The highest BCUT2D eigenvalue weighted by atomic mass is 35.5. The summed E-state index contributed by atoms with van der Waals surface area (Å²) in [5.41, 5.74) is 1.63. The van der Waals surface area contributed by atoms with Crippen molar-refractivity contribution < 1.29 is 23.9 Å². The number of carbonyl (C=O) groups excluding carboxylic acids is 3. The molecule has 1 N–H and O–H groups in total. The first-order valence-corrected chi connectivity index (χ1v) is 8.87. The van der Waals surface area contributed by atoms with Crippen LogP contribution in [0.1, 0.15) is 11.1 Å². The van der Waals surface area contributed by atoms with Crippen molar-refractivity contribution in [3.63, 3.8) is 0 Å². The second-order valence-corrected chi connectivity index (χ2v) is 6.26. The van der Waals surface area contributed by atoms with Gasteiger partial charge < -0.3 is 14.8 Å². The summed E-state index contributed by atoms with van der Waals surface area (Å²) in [6.07, 6.45) is 3.02. The van der Waals surface area contributed by atoms with Crippen LogP contribution >= 0.6 is 11.6 Å². The van der Waals surface area contributed by atoms with Crippen molar-refractivity contribution in [2.24, 2.45) is 0 Å². The summed E-state index contributed by atoms with van der Waals surface area (Å²) in [6.45, 7) is -0.508. The lowest BCUT2D eigenvalue weighted by molar-refractivity contribution is -0.147. The van der Waals surface area contributed by atoms with Gasteiger partial charge in [0.25, 0.3) is 5.91 Å². The fraction of sp³-hybridized carbons (Fsp3) is 0.190. The molecule has 1 atom stereocenters. The van der Waals surface area contributed by atoms with Gasteiger partial charge in [-0.3, -0.25) is 4.79 Å². The molecule has 0 saturated carbocycles. The van der Waals surface area contributed by atoms with E-state index in [-0.39, 0.29) is 6.42 Å². The highest BCUT2D eigenvalue weighted by molar-refractivity contribution is 6.30. The van der Waals surface area contributed by atoms with Gasteiger partial charge in [0, 0.05) is 17.5 Å². The molecule has 2 aromatic carbocycles. The van der Waals surface area contributed by atoms with Gasteiger partial charge in [-0.05, 0) is 29.3 Å². The molecule has 0 spiro atoms. The number of nitrogens with one attached hydrogen (secondary N) is 1. The minimum Gasteiger partial charge on any atom is -0.467 e. The molecule has 0 aromatic heterocycles. The first-order chi connectivity index (χ1) is 13.5. The SMILES string of the molecule is COC(=O)[C@H](Cc1ccccc1)NC(=O)COC(=O)/C=C/c1ccc(Cl)cc1. The molecule has 2 rings (SSSR count). The quantitative estimate of drug-likeness (QED) is 0.543. The van der Waals surface area contributed by atoms with E-state index in [0.29, 0.717) is 5.02 Å². The summed E-state index contributed by atoms with van der Waals surface area (Å²) < 4.78 is 9.62. The van der Waals surface area contributed by atoms with Crippen molar-refractivity contribution >= 4 is 35.5 Å². The van der Waals surface area contributed by atoms with Crippen molar-refractivity contribution in [2.45, 2.75) is 12.5 Å². The Hall–Kier alpha value is -3.12. The molecule has 0 fully saturated rings. The standard InChI is InChI=1S/C21H20ClNO5/c1-27-21(26)18(13-16-5-3-2-4-6-16)23-19(24)14-28-20(25)12-9-15-7-10-17(22)11-8-15/h2-12,18H,13-14H2,1H3,(H,23,24)/b12-9+/t18-/m0/s1. The number of carbonyl (C=O) groups is 3. The summed E-state index contributed by atoms with van der Waals surface area (Å²) >= 11 is 5.79. The summed E-state index contributed by atoms with van der Waals surface area (Å²) in [7, 11) is 1.24. The van der Waals surface area contributed by atoms with Crippen LogP contribution < -0.4 is 5.32 Å². The number of esters is 2. The van der Waals surface area contributed by atoms with E-state index >= 15 is 0 Å². The molecule has 2 aromatic rings. The van der Waals surface area contributed by atoms with Crippen LogP contribution in [0, 0.1) is 0 Å². The van der Waals surface area contributed by atoms with E-state index in [2.05, 4.69) is 5.32 Å². The van der Waals surface area contributed by atoms with E-state index in [1.54, 1.807) is 30.3 Å². The fourth-order valence-electron chi connectivity index (χ4n) is 2.34. The van der Waals surface area contributed by atoms with Crippen molar-refractivity contribution in [3.05, 3.63) is 76.8 Å². The Morgan fingerprint density at radius 1 is 1.07 bits per heavy atom. The highest BCUT2D eigenvalue weighted by Gasteiger charge is 2.22. The van der Waals surface area contributed by atoms with Gasteiger partial charge in [0.05, 0.1) is 7.11 Å². The van der Waals surface area contributed by atoms with Crippen LogP contribution in [0.3, 0.4) is 0 Å². The Kier molecular flexibility index (Phi) is 8.24. The molecule has 0 heterocycles. The lowest BCUT2D eigenvalue weighted by atomic mass is 10.1. The number of ether oxygens (including phenoxy) is 2. The summed E-state index contributed by atoms with van der Waals surface area (Å²) in [4.78, 5) is 35.7. The van der Waals surface area contributed by atoms with Gasteiger partial charge >= 0.3 is 11.9 Å². The van der Waals surface area contributed by atoms with E-state index < -0.39 is 30.5 Å². The van der Waals surface area contributed by atoms with E-state index in [4.69, 9.17) is 21.1 Å². The monoisotopic (exact) mass is 401 g/mol. The van der Waals surface area contributed by atoms with Gasteiger partial charge in [-0.1, -0.05) is 54.1 Å². The average molecular weight is 402 g/mol. The Labute approximate surface area is 168 Å². The largest absolute Gasteiger partial charge is 0.467 e. The second-order valence-electron chi connectivity index (χ2n) is 5.83. The minimum atomic E-state index is -0.872. The first kappa shape index (κ1) is 21.2. The van der Waals surface area contributed by atoms with Crippen molar-refractivity contribution in [1.82, 2.24) is 5.32 Å². The maximum absolute atomic E-state index is 12.0. The maximum atomic E-state index is 12.0. The van der Waals surface area contributed by atoms with E-state index in [1.165, 1.54) is 13.2 Å². The molecule has 28 heavy (non-hydrogen) atoms. The topological polar surface area (TPSA) is 81.7 Å². The number of halogens is 1. The zero-order valence-electron chi connectivity index (χ0n) is 15.3. The Bertz CT molecular complexity index is 834. The number of benzene rings is 2. The molecule has 0 aliphatic carbocycles. The lowest BCUT2D eigenvalue weighted by Crippen LogP contribution is -2.44. The number of hydrogen-bond acceptors (Lipinski definition) is 5. The van der Waals surface area contributed by atoms with E-state index in [0.717, 1.165) is 11.1 Å². The zero-order valence-corrected chi connectivity index (χ0v) is 16.0. The number of amides is 1. The van der Waals surface area contributed by atoms with E-state index in [1.807, 2.05) is 30.3 Å². The van der Waals surface area contributed by atoms with Gasteiger partial charge in [0.15, 0.2) is 6.61 Å². The average Bonchev–Trinajstić information content (AvgIpc) is 2.71. The molecule has 1 amide bonds. The van der Waals surface area contributed by atoms with Gasteiger partial charge in [-0.15, -0.1) is 0 Å². The number of hydrogen-bond donors (Lipinski definition) is 1. The van der Waals surface area contributed by atoms with Crippen LogP contribution in [-0.4, -0.2) is 37.6 Å². The molecule has 146 valence electrons. The molecule has 0 aliphatic heterocycles. The Morgan fingerprint density at radius 2 is 1.75 bits per heavy atom. The summed E-state index contributed by atoms with van der Waals surface area (Å²) in [5, 5.41) is 3.11. The fourth-order valence-corrected chi connectivity index (χ4v) is 2.47. The van der Waals surface area contributed by atoms with Crippen LogP contribution in [0.4, 0.5) is 0 Å². The predicted molar refractivity (Wildman–Crippen MR) is 106 cm³/mol. The maximum Gasteiger partial charge on any atom is 0.331 e. The predicted octanol–water partition coefficient (Wildman–Crippen LogP) is 2.80. The van der Waals surface area contributed by atoms with Gasteiger partial charge in [-0.2, -0.15) is 0 Å². The van der Waals surface area contributed by atoms with Crippen LogP contribution in [0.15, 0.2) is 60.7 Å². The second kappa shape index (κ2) is 10.9. The highest BCUT2D eigenvalue weighted by Crippen LogP contribution is 2.10. The lowest BCUT2D eigenvalue weighted by Gasteiger charge is -2.16. The van der Waals surface area contributed by atoms with Gasteiger partial charge in [0.1, 0.15) is 6.04 Å². The number of methoxy groups -OCH3 is 1. The van der Waals surface area contributed by atoms with Crippen molar-refractivity contribution in [2.75, 3.05) is 13.7 Å². The third-order valence-corrected chi connectivity index (χ3v) is 3.98. The molecule has 0 unspecified atom stereocenters. The zero-order chi connectivity index (χ0) is 20.4. The normalized spacial score (nSPS) is 11.6. The molecule has 6 nitrogen and oxygen atoms in total. The van der Waals surface area contributed by atoms with Crippen molar-refractivity contribution in [3.8, 4) is 0 Å². The van der Waals surface area contributed by atoms with Crippen molar-refractivity contribution in [1.29, 1.82) is 0 Å². The van der Waals surface area contributed by atoms with Gasteiger partial charge in [0.2, 0.25) is 0 Å². The molecular weight excluding hydrogens is 382 g/mol. The summed E-state index contributed by atoms with van der Waals surface area (Å²) in [5.74, 6) is -1.85. The molecule has 0 radical (unpaired) electrons. The van der Waals surface area contributed by atoms with E-state index in [9.17, 15) is 14.4 Å². The molecule has 7 heteroatoms. The first-order valence-electron chi connectivity index (χ1n) is 8.49. The van der Waals surface area contributed by atoms with Crippen LogP contribution in [0.2, 0.25) is 5.02 Å². The third kappa shape index (κ3) is 7.25. The molecule has 0 bridgehead atoms. The molecular formula is C21H20ClNO5. The molecule has 0 saturated heterocycles. The molecule has 0 aliphatic rings. The van der Waals surface area contributed by atoms with Crippen LogP contribution in [-0.2, 0) is 30.3 Å². The van der Waals surface area contributed by atoms with Crippen LogP contribution in [0.5, 0.6) is 0 Å². The Balaban J connectivity index is 1.85. The third-order valence-electron chi connectivity index (χ3n) is 3.73. The smallest absolute Gasteiger partial charge is 0.331 e. The summed E-state index contributed by atoms with van der Waals surface area (Å²) in [6, 6.07) is 15.2. The Morgan fingerprint density at radius 3 is 2.39 bits per heavy atom.